The Balaban J connectivity index is 1.64. The van der Waals surface area contributed by atoms with E-state index in [0.29, 0.717) is 43.8 Å². The number of halogens is 2. The lowest BCUT2D eigenvalue weighted by atomic mass is 10.1. The monoisotopic (exact) mass is 456 g/mol. The molecule has 0 radical (unpaired) electrons. The molecule has 0 fully saturated rings. The molecule has 0 bridgehead atoms. The van der Waals surface area contributed by atoms with E-state index in [1.807, 2.05) is 0 Å². The smallest absolute Gasteiger partial charge is 0.235 e. The first-order chi connectivity index (χ1) is 15.0. The molecule has 1 aromatic heterocycles. The number of hydrogen-bond acceptors (Lipinski definition) is 5. The standard InChI is InChI=1S/C24H18Cl2O5/c1-28-18-7-2-15(3-8-18)23-24(22(27)20-14-17(26)6-11-21(20)31-23)30-13-12-29-19-9-4-16(25)5-10-19/h2-11,14H,12-13H2,1H3. The van der Waals surface area contributed by atoms with Crippen LogP contribution in [0.4, 0.5) is 0 Å². The highest BCUT2D eigenvalue weighted by Gasteiger charge is 2.18. The lowest BCUT2D eigenvalue weighted by molar-refractivity contribution is 0.214. The van der Waals surface area contributed by atoms with Crippen molar-refractivity contribution in [2.75, 3.05) is 20.3 Å². The molecule has 0 aliphatic heterocycles. The zero-order valence-electron chi connectivity index (χ0n) is 16.6. The summed E-state index contributed by atoms with van der Waals surface area (Å²) in [7, 11) is 1.59. The van der Waals surface area contributed by atoms with E-state index >= 15 is 0 Å². The van der Waals surface area contributed by atoms with Crippen molar-refractivity contribution in [3.8, 4) is 28.6 Å². The molecule has 4 aromatic rings. The second-order valence-corrected chi connectivity index (χ2v) is 7.48. The van der Waals surface area contributed by atoms with Crippen LogP contribution in [0.3, 0.4) is 0 Å². The van der Waals surface area contributed by atoms with Gasteiger partial charge in [-0.15, -0.1) is 0 Å². The Morgan fingerprint density at radius 2 is 1.45 bits per heavy atom. The minimum absolute atomic E-state index is 0.0969. The van der Waals surface area contributed by atoms with Crippen LogP contribution in [0, 0.1) is 0 Å². The van der Waals surface area contributed by atoms with Gasteiger partial charge in [-0.1, -0.05) is 23.2 Å². The number of rotatable bonds is 7. The van der Waals surface area contributed by atoms with Gasteiger partial charge < -0.3 is 18.6 Å². The molecule has 3 aromatic carbocycles. The topological polar surface area (TPSA) is 57.9 Å². The normalized spacial score (nSPS) is 10.8. The van der Waals surface area contributed by atoms with Gasteiger partial charge in [0.15, 0.2) is 5.76 Å². The predicted molar refractivity (Wildman–Crippen MR) is 122 cm³/mol. The molecule has 5 nitrogen and oxygen atoms in total. The summed E-state index contributed by atoms with van der Waals surface area (Å²) in [5.41, 5.74) is 0.800. The van der Waals surface area contributed by atoms with Gasteiger partial charge in [0.1, 0.15) is 30.3 Å². The minimum atomic E-state index is -0.305. The van der Waals surface area contributed by atoms with Crippen molar-refractivity contribution in [3.05, 3.63) is 87.0 Å². The van der Waals surface area contributed by atoms with Crippen LogP contribution < -0.4 is 19.6 Å². The van der Waals surface area contributed by atoms with Crippen molar-refractivity contribution in [2.45, 2.75) is 0 Å². The summed E-state index contributed by atoms with van der Waals surface area (Å²) in [5, 5.41) is 1.41. The number of benzene rings is 3. The van der Waals surface area contributed by atoms with Gasteiger partial charge in [-0.3, -0.25) is 4.79 Å². The van der Waals surface area contributed by atoms with Crippen molar-refractivity contribution >= 4 is 34.2 Å². The molecule has 0 N–H and O–H groups in total. The van der Waals surface area contributed by atoms with Crippen molar-refractivity contribution in [3.63, 3.8) is 0 Å². The van der Waals surface area contributed by atoms with Crippen LogP contribution >= 0.6 is 23.2 Å². The van der Waals surface area contributed by atoms with Crippen LogP contribution in [0.15, 0.2) is 75.9 Å². The summed E-state index contributed by atoms with van der Waals surface area (Å²) in [4.78, 5) is 13.2. The van der Waals surface area contributed by atoms with Gasteiger partial charge in [0, 0.05) is 15.6 Å². The Hall–Kier alpha value is -3.15. The zero-order valence-corrected chi connectivity index (χ0v) is 18.1. The number of methoxy groups -OCH3 is 1. The van der Waals surface area contributed by atoms with Crippen molar-refractivity contribution in [1.29, 1.82) is 0 Å². The Kier molecular flexibility index (Phi) is 6.35. The molecule has 7 heteroatoms. The van der Waals surface area contributed by atoms with E-state index in [4.69, 9.17) is 41.8 Å². The maximum Gasteiger partial charge on any atom is 0.235 e. The average Bonchev–Trinajstić information content (AvgIpc) is 2.79. The van der Waals surface area contributed by atoms with Crippen molar-refractivity contribution in [1.82, 2.24) is 0 Å². The highest BCUT2D eigenvalue weighted by molar-refractivity contribution is 6.31. The van der Waals surface area contributed by atoms with Crippen LogP contribution in [-0.4, -0.2) is 20.3 Å². The first-order valence-electron chi connectivity index (χ1n) is 9.47. The Labute approximate surface area is 188 Å². The number of hydrogen-bond donors (Lipinski definition) is 0. The van der Waals surface area contributed by atoms with E-state index in [-0.39, 0.29) is 24.4 Å². The lowest BCUT2D eigenvalue weighted by Gasteiger charge is -2.13. The van der Waals surface area contributed by atoms with Crippen LogP contribution in [0.5, 0.6) is 17.2 Å². The maximum absolute atomic E-state index is 13.2. The Morgan fingerprint density at radius 3 is 2.16 bits per heavy atom. The molecule has 0 aliphatic carbocycles. The van der Waals surface area contributed by atoms with E-state index in [0.717, 1.165) is 0 Å². The van der Waals surface area contributed by atoms with Crippen molar-refractivity contribution in [2.24, 2.45) is 0 Å². The van der Waals surface area contributed by atoms with E-state index in [2.05, 4.69) is 0 Å². The maximum atomic E-state index is 13.2. The molecule has 31 heavy (non-hydrogen) atoms. The van der Waals surface area contributed by atoms with Crippen LogP contribution in [-0.2, 0) is 0 Å². The summed E-state index contributed by atoms with van der Waals surface area (Å²) in [6.07, 6.45) is 0. The summed E-state index contributed by atoms with van der Waals surface area (Å²) in [6.45, 7) is 0.374. The molecule has 0 atom stereocenters. The second-order valence-electron chi connectivity index (χ2n) is 6.61. The fourth-order valence-corrected chi connectivity index (χ4v) is 3.35. The van der Waals surface area contributed by atoms with Gasteiger partial charge in [-0.2, -0.15) is 0 Å². The van der Waals surface area contributed by atoms with Crippen LogP contribution in [0.25, 0.3) is 22.3 Å². The third-order valence-electron chi connectivity index (χ3n) is 4.58. The van der Waals surface area contributed by atoms with Gasteiger partial charge in [-0.05, 0) is 66.7 Å². The van der Waals surface area contributed by atoms with Gasteiger partial charge in [0.2, 0.25) is 11.2 Å². The van der Waals surface area contributed by atoms with E-state index in [1.54, 1.807) is 73.8 Å². The van der Waals surface area contributed by atoms with Gasteiger partial charge in [0.25, 0.3) is 0 Å². The van der Waals surface area contributed by atoms with E-state index in [1.165, 1.54) is 0 Å². The SMILES string of the molecule is COc1ccc(-c2oc3ccc(Cl)cc3c(=O)c2OCCOc2ccc(Cl)cc2)cc1. The number of ether oxygens (including phenoxy) is 3. The molecular weight excluding hydrogens is 439 g/mol. The largest absolute Gasteiger partial charge is 0.497 e. The molecule has 0 unspecified atom stereocenters. The van der Waals surface area contributed by atoms with E-state index in [9.17, 15) is 4.79 Å². The molecule has 0 aliphatic rings. The zero-order chi connectivity index (χ0) is 21.8. The Morgan fingerprint density at radius 1 is 0.806 bits per heavy atom. The first kappa shape index (κ1) is 21.1. The molecule has 0 saturated heterocycles. The average molecular weight is 457 g/mol. The van der Waals surface area contributed by atoms with Gasteiger partial charge in [0.05, 0.1) is 12.5 Å². The third-order valence-corrected chi connectivity index (χ3v) is 5.06. The number of fused-ring (bicyclic) bond motifs is 1. The molecular formula is C24H18Cl2O5. The molecule has 1 heterocycles. The van der Waals surface area contributed by atoms with Crippen LogP contribution in [0.1, 0.15) is 0 Å². The summed E-state index contributed by atoms with van der Waals surface area (Å²) in [5.74, 6) is 1.77. The predicted octanol–water partition coefficient (Wildman–Crippen LogP) is 6.23. The fourth-order valence-electron chi connectivity index (χ4n) is 3.05. The summed E-state index contributed by atoms with van der Waals surface area (Å²) in [6, 6.07) is 19.1. The molecule has 0 saturated carbocycles. The van der Waals surface area contributed by atoms with Crippen molar-refractivity contribution < 1.29 is 18.6 Å². The highest BCUT2D eigenvalue weighted by Crippen LogP contribution is 2.32. The van der Waals surface area contributed by atoms with Gasteiger partial charge in [-0.25, -0.2) is 0 Å². The molecule has 158 valence electrons. The Bertz CT molecular complexity index is 1250. The quantitative estimate of drug-likeness (QED) is 0.308. The molecule has 0 amide bonds. The van der Waals surface area contributed by atoms with Gasteiger partial charge >= 0.3 is 0 Å². The molecule has 4 rings (SSSR count). The highest BCUT2D eigenvalue weighted by atomic mass is 35.5. The summed E-state index contributed by atoms with van der Waals surface area (Å²) < 4.78 is 22.7. The first-order valence-corrected chi connectivity index (χ1v) is 10.2. The fraction of sp³-hybridized carbons (Fsp3) is 0.125. The second kappa shape index (κ2) is 9.33. The lowest BCUT2D eigenvalue weighted by Crippen LogP contribution is -2.15. The van der Waals surface area contributed by atoms with E-state index < -0.39 is 0 Å². The summed E-state index contributed by atoms with van der Waals surface area (Å²) >= 11 is 12.0. The minimum Gasteiger partial charge on any atom is -0.497 e. The molecule has 0 spiro atoms. The van der Waals surface area contributed by atoms with Crippen LogP contribution in [0.2, 0.25) is 10.0 Å². The third kappa shape index (κ3) is 4.79.